The van der Waals surface area contributed by atoms with E-state index in [9.17, 15) is 59.1 Å². The molecule has 0 spiro atoms. The van der Waals surface area contributed by atoms with E-state index in [1.54, 1.807) is 46.6 Å². The fourth-order valence-corrected chi connectivity index (χ4v) is 10.6. The summed E-state index contributed by atoms with van der Waals surface area (Å²) < 4.78 is 28.8. The Morgan fingerprint density at radius 2 is 1.51 bits per heavy atom. The van der Waals surface area contributed by atoms with Gasteiger partial charge in [-0.25, -0.2) is 15.5 Å². The lowest BCUT2D eigenvalue weighted by Gasteiger charge is -2.41. The van der Waals surface area contributed by atoms with Crippen LogP contribution in [0, 0.1) is 29.6 Å². The Morgan fingerprint density at radius 3 is 2.09 bits per heavy atom. The Morgan fingerprint density at radius 1 is 0.850 bits per heavy atom. The molecule has 80 heavy (non-hydrogen) atoms. The Labute approximate surface area is 468 Å². The molecule has 4 rings (SSSR count). The predicted molar refractivity (Wildman–Crippen MR) is 290 cm³/mol. The van der Waals surface area contributed by atoms with Crippen LogP contribution in [-0.2, 0) is 59.2 Å². The van der Waals surface area contributed by atoms with E-state index in [-0.39, 0.29) is 53.4 Å². The van der Waals surface area contributed by atoms with Crippen LogP contribution in [0.15, 0.2) is 48.5 Å². The Bertz CT molecular complexity index is 2380. The second-order valence-electron chi connectivity index (χ2n) is 21.7. The molecule has 6 unspecified atom stereocenters. The van der Waals surface area contributed by atoms with E-state index < -0.39 is 134 Å². The number of likely N-dealkylation sites (N-methyl/N-ethyl adjacent to an activating group) is 2. The number of likely N-dealkylation sites (tertiary alicyclic amines) is 1. The number of carbonyl (C=O) groups excluding carboxylic acids is 6. The van der Waals surface area contributed by atoms with Crippen LogP contribution < -0.4 is 21.3 Å². The number of aliphatic carboxylic acids is 1. The van der Waals surface area contributed by atoms with Gasteiger partial charge in [-0.3, -0.25) is 33.7 Å². The highest BCUT2D eigenvalue weighted by atomic mass is 16.7. The van der Waals surface area contributed by atoms with E-state index in [1.807, 2.05) is 51.1 Å². The number of amides is 5. The predicted octanol–water partition coefficient (Wildman–Crippen LogP) is 2.77. The number of carbonyl (C=O) groups is 7. The van der Waals surface area contributed by atoms with Gasteiger partial charge in [-0.1, -0.05) is 92.1 Å². The van der Waals surface area contributed by atoms with Crippen molar-refractivity contribution in [2.75, 3.05) is 46.8 Å². The molecule has 24 nitrogen and oxygen atoms in total. The van der Waals surface area contributed by atoms with E-state index >= 15 is 0 Å². The SMILES string of the molecule is CC[C@H](C)C([C@@H](CC(=O)N1CCC[C@H]1[C@H](OC)[C@@H](C)C(=O)C[C@H](C)[C@@H](O)c1ccccc1)OC)N(C)C(=O)[C@@H](NC(=O)[C@H](C(C)C)N(C)C(=O)OCc1cc(NC(=O)CON)ccc1OC1OC(C(=O)O)C(O)C(O)C1O)C(C)C. The van der Waals surface area contributed by atoms with Crippen LogP contribution >= 0.6 is 0 Å². The van der Waals surface area contributed by atoms with Gasteiger partial charge in [0.05, 0.1) is 36.8 Å². The van der Waals surface area contributed by atoms with Gasteiger partial charge in [-0.15, -0.1) is 0 Å². The zero-order valence-electron chi connectivity index (χ0n) is 48.1. The quantitative estimate of drug-likeness (QED) is 0.0543. The molecule has 0 bridgehead atoms. The molecule has 0 saturated carbocycles. The molecule has 2 fully saturated rings. The average Bonchev–Trinajstić information content (AvgIpc) is 3.91. The van der Waals surface area contributed by atoms with Crippen molar-refractivity contribution in [1.82, 2.24) is 20.0 Å². The van der Waals surface area contributed by atoms with Gasteiger partial charge in [0.15, 0.2) is 6.10 Å². The average molecular weight is 1130 g/mol. The maximum absolute atomic E-state index is 14.8. The number of carboxylic acids is 1. The van der Waals surface area contributed by atoms with Crippen molar-refractivity contribution >= 4 is 47.2 Å². The summed E-state index contributed by atoms with van der Waals surface area (Å²) in [5.74, 6) is -1.11. The molecule has 2 aliphatic heterocycles. The molecule has 2 saturated heterocycles. The highest BCUT2D eigenvalue weighted by molar-refractivity contribution is 5.93. The third-order valence-corrected chi connectivity index (χ3v) is 15.4. The van der Waals surface area contributed by atoms with Crippen molar-refractivity contribution in [2.45, 2.75) is 167 Å². The first kappa shape index (κ1) is 66.7. The minimum absolute atomic E-state index is 0.0237. The lowest BCUT2D eigenvalue weighted by Crippen LogP contribution is -2.61. The minimum Gasteiger partial charge on any atom is -0.479 e. The Hall–Kier alpha value is -5.83. The van der Waals surface area contributed by atoms with E-state index in [4.69, 9.17) is 29.6 Å². The zero-order valence-corrected chi connectivity index (χ0v) is 48.1. The van der Waals surface area contributed by atoms with Crippen molar-refractivity contribution in [3.8, 4) is 5.75 Å². The molecular weight excluding hydrogens is 1040 g/mol. The molecule has 2 aromatic rings. The summed E-state index contributed by atoms with van der Waals surface area (Å²) in [5.41, 5.74) is 0.876. The number of ketones is 1. The molecule has 5 amide bonds. The van der Waals surface area contributed by atoms with Crippen LogP contribution in [0.4, 0.5) is 10.5 Å². The number of methoxy groups -OCH3 is 2. The number of benzene rings is 2. The lowest BCUT2D eigenvalue weighted by atomic mass is 9.85. The largest absolute Gasteiger partial charge is 0.479 e. The van der Waals surface area contributed by atoms with Gasteiger partial charge in [0.1, 0.15) is 55.1 Å². The fourth-order valence-electron chi connectivity index (χ4n) is 10.6. The van der Waals surface area contributed by atoms with E-state index in [2.05, 4.69) is 15.5 Å². The summed E-state index contributed by atoms with van der Waals surface area (Å²) in [4.78, 5) is 104. The van der Waals surface area contributed by atoms with Gasteiger partial charge in [-0.2, -0.15) is 0 Å². The highest BCUT2D eigenvalue weighted by Gasteiger charge is 2.49. The summed E-state index contributed by atoms with van der Waals surface area (Å²) in [7, 11) is 5.93. The van der Waals surface area contributed by atoms with E-state index in [0.717, 1.165) is 10.5 Å². The fraction of sp³-hybridized carbons (Fsp3) is 0.661. The van der Waals surface area contributed by atoms with Crippen LogP contribution in [0.3, 0.4) is 0 Å². The van der Waals surface area contributed by atoms with Crippen molar-refractivity contribution in [1.29, 1.82) is 0 Å². The number of aliphatic hydroxyl groups excluding tert-OH is 4. The number of ether oxygens (including phenoxy) is 5. The summed E-state index contributed by atoms with van der Waals surface area (Å²) in [5, 5.41) is 57.2. The normalized spacial score (nSPS) is 22.7. The molecular formula is C56H86N6O18. The Balaban J connectivity index is 1.50. The number of nitrogens with two attached hydrogens (primary N) is 1. The topological polar surface area (TPSA) is 336 Å². The second-order valence-corrected chi connectivity index (χ2v) is 21.7. The third-order valence-electron chi connectivity index (χ3n) is 15.4. The van der Waals surface area contributed by atoms with Gasteiger partial charge in [-0.05, 0) is 60.3 Å². The van der Waals surface area contributed by atoms with Crippen LogP contribution in [0.5, 0.6) is 5.75 Å². The number of aliphatic hydroxyl groups is 4. The molecule has 9 N–H and O–H groups in total. The monoisotopic (exact) mass is 1130 g/mol. The minimum atomic E-state index is -2.00. The standard InChI is InChI=1S/C56H86N6O18/c1-13-31(6)45(40(75-11)26-42(65)62-23-17-20-37(62)50(76-12)33(8)38(63)24-32(7)46(66)34-18-15-14-16-19-34)60(9)53(71)43(29(2)3)59-52(70)44(30(4)5)61(10)56(74)77-27-35-25-36(58-41(64)28-78-57)21-22-39(35)79-55-49(69)47(67)48(68)51(80-55)54(72)73/h14-16,18-19,21-22,25,29-33,37,40,43-51,55,66-69H,13,17,20,23-24,26-28,57H2,1-12H3,(H,58,64)(H,59,70)(H,72,73)/t31-,32-,33-,37-,40+,43-,44-,45?,46+,47?,48?,49?,50+,51?,55?/m0/s1. The summed E-state index contributed by atoms with van der Waals surface area (Å²) in [6.07, 6.45) is -11.2. The second kappa shape index (κ2) is 30.8. The molecule has 24 heteroatoms. The van der Waals surface area contributed by atoms with Gasteiger partial charge < -0.3 is 69.7 Å². The van der Waals surface area contributed by atoms with Crippen molar-refractivity contribution in [3.05, 3.63) is 59.7 Å². The molecule has 15 atom stereocenters. The number of nitrogens with one attached hydrogen (secondary N) is 2. The number of nitrogens with zero attached hydrogens (tertiary/aromatic N) is 3. The van der Waals surface area contributed by atoms with Crippen LogP contribution in [0.2, 0.25) is 0 Å². The maximum atomic E-state index is 14.8. The van der Waals surface area contributed by atoms with Gasteiger partial charge >= 0.3 is 12.1 Å². The van der Waals surface area contributed by atoms with Crippen LogP contribution in [-0.4, -0.2) is 190 Å². The first-order valence-corrected chi connectivity index (χ1v) is 27.2. The summed E-state index contributed by atoms with van der Waals surface area (Å²) in [6.45, 7) is 13.7. The molecule has 0 radical (unpaired) electrons. The molecule has 2 aromatic carbocycles. The Kier molecular flexibility index (Phi) is 25.7. The maximum Gasteiger partial charge on any atom is 0.410 e. The number of hydrogen-bond donors (Lipinski definition) is 8. The molecule has 2 heterocycles. The highest BCUT2D eigenvalue weighted by Crippen LogP contribution is 2.34. The number of rotatable bonds is 29. The van der Waals surface area contributed by atoms with E-state index in [1.165, 1.54) is 44.4 Å². The number of hydrogen-bond acceptors (Lipinski definition) is 18. The summed E-state index contributed by atoms with van der Waals surface area (Å²) >= 11 is 0. The molecule has 0 aliphatic carbocycles. The van der Waals surface area contributed by atoms with Crippen molar-refractivity contribution < 1.29 is 87.6 Å². The van der Waals surface area contributed by atoms with E-state index in [0.29, 0.717) is 25.8 Å². The molecule has 448 valence electrons. The number of anilines is 1. The lowest BCUT2D eigenvalue weighted by molar-refractivity contribution is -0.271. The van der Waals surface area contributed by atoms with Crippen molar-refractivity contribution in [3.63, 3.8) is 0 Å². The first-order chi connectivity index (χ1) is 37.7. The molecule has 2 aliphatic rings. The smallest absolute Gasteiger partial charge is 0.410 e. The first-order valence-electron chi connectivity index (χ1n) is 27.2. The van der Waals surface area contributed by atoms with Crippen LogP contribution in [0.1, 0.15) is 105 Å². The van der Waals surface area contributed by atoms with Crippen molar-refractivity contribution in [2.24, 2.45) is 35.5 Å². The summed E-state index contributed by atoms with van der Waals surface area (Å²) in [6, 6.07) is 9.68. The van der Waals surface area contributed by atoms with Gasteiger partial charge in [0.2, 0.25) is 24.0 Å². The molecule has 0 aromatic heterocycles. The third kappa shape index (κ3) is 16.9. The number of carboxylic acid groups (broad SMARTS) is 1. The van der Waals surface area contributed by atoms with Gasteiger partial charge in [0.25, 0.3) is 5.91 Å². The van der Waals surface area contributed by atoms with Gasteiger partial charge in [0, 0.05) is 58.4 Å². The number of Topliss-reactive ketones (excluding diaryl/α,β-unsaturated/α-hetero) is 1. The van der Waals surface area contributed by atoms with Crippen LogP contribution in [0.25, 0.3) is 0 Å². The zero-order chi connectivity index (χ0) is 59.9.